The van der Waals surface area contributed by atoms with Crippen LogP contribution in [0.1, 0.15) is 39.0 Å². The molecule has 2 aliphatic rings. The predicted molar refractivity (Wildman–Crippen MR) is 94.2 cm³/mol. The Labute approximate surface area is 146 Å². The van der Waals surface area contributed by atoms with Gasteiger partial charge < -0.3 is 15.8 Å². The molecule has 1 aromatic carbocycles. The van der Waals surface area contributed by atoms with Crippen LogP contribution in [-0.2, 0) is 4.79 Å². The van der Waals surface area contributed by atoms with Gasteiger partial charge >= 0.3 is 0 Å². The lowest BCUT2D eigenvalue weighted by Gasteiger charge is -2.45. The molecule has 0 aliphatic heterocycles. The van der Waals surface area contributed by atoms with Gasteiger partial charge in [-0.1, -0.05) is 28.4 Å². The standard InChI is InChI=1S/C18H25BrN2O2/c1-11(23-16-7-3-6-14(19)10-16)18(22)21-17-12-4-2-5-13(17)9-15(20)8-12/h3,6-7,10-13,15,17H,2,4-5,8-9,20H2,1H3,(H,21,22). The van der Waals surface area contributed by atoms with Crippen LogP contribution < -0.4 is 15.8 Å². The number of fused-ring (bicyclic) bond motifs is 2. The number of carbonyl (C=O) groups is 1. The molecule has 5 heteroatoms. The number of benzene rings is 1. The molecule has 2 aliphatic carbocycles. The number of carbonyl (C=O) groups excluding carboxylic acids is 1. The lowest BCUT2D eigenvalue weighted by atomic mass is 9.67. The summed E-state index contributed by atoms with van der Waals surface area (Å²) in [5.41, 5.74) is 6.15. The molecule has 0 spiro atoms. The molecule has 23 heavy (non-hydrogen) atoms. The lowest BCUT2D eigenvalue weighted by molar-refractivity contribution is -0.129. The quantitative estimate of drug-likeness (QED) is 0.842. The summed E-state index contributed by atoms with van der Waals surface area (Å²) in [5, 5.41) is 3.24. The zero-order valence-corrected chi connectivity index (χ0v) is 15.1. The molecule has 2 bridgehead atoms. The molecule has 1 aromatic rings. The van der Waals surface area contributed by atoms with Gasteiger partial charge in [0.25, 0.3) is 5.91 Å². The van der Waals surface area contributed by atoms with Crippen molar-refractivity contribution in [3.63, 3.8) is 0 Å². The third-order valence-electron chi connectivity index (χ3n) is 5.16. The summed E-state index contributed by atoms with van der Waals surface area (Å²) in [4.78, 5) is 12.5. The lowest BCUT2D eigenvalue weighted by Crippen LogP contribution is -2.55. The third kappa shape index (κ3) is 4.07. The van der Waals surface area contributed by atoms with Gasteiger partial charge in [-0.2, -0.15) is 0 Å². The van der Waals surface area contributed by atoms with Crippen LogP contribution >= 0.6 is 15.9 Å². The number of nitrogens with one attached hydrogen (secondary N) is 1. The van der Waals surface area contributed by atoms with E-state index >= 15 is 0 Å². The Kier molecular flexibility index (Phi) is 5.27. The van der Waals surface area contributed by atoms with Gasteiger partial charge in [0.2, 0.25) is 0 Å². The molecule has 2 saturated carbocycles. The SMILES string of the molecule is CC(Oc1cccc(Br)c1)C(=O)NC1C2CCCC1CC(N)C2. The van der Waals surface area contributed by atoms with Crippen LogP contribution in [0, 0.1) is 11.8 Å². The maximum absolute atomic E-state index is 12.5. The van der Waals surface area contributed by atoms with Crippen molar-refractivity contribution in [1.29, 1.82) is 0 Å². The van der Waals surface area contributed by atoms with E-state index in [1.54, 1.807) is 6.92 Å². The van der Waals surface area contributed by atoms with E-state index in [9.17, 15) is 4.79 Å². The molecule has 1 amide bonds. The number of hydrogen-bond acceptors (Lipinski definition) is 3. The highest BCUT2D eigenvalue weighted by Crippen LogP contribution is 2.39. The Hall–Kier alpha value is -1.07. The van der Waals surface area contributed by atoms with Crippen LogP contribution in [-0.4, -0.2) is 24.1 Å². The smallest absolute Gasteiger partial charge is 0.261 e. The van der Waals surface area contributed by atoms with E-state index < -0.39 is 6.10 Å². The van der Waals surface area contributed by atoms with E-state index in [2.05, 4.69) is 21.2 Å². The second-order valence-electron chi connectivity index (χ2n) is 6.93. The molecular weight excluding hydrogens is 356 g/mol. The average molecular weight is 381 g/mol. The summed E-state index contributed by atoms with van der Waals surface area (Å²) in [6, 6.07) is 8.14. The van der Waals surface area contributed by atoms with Gasteiger partial charge in [-0.3, -0.25) is 4.79 Å². The molecule has 3 unspecified atom stereocenters. The summed E-state index contributed by atoms with van der Waals surface area (Å²) in [5.74, 6) is 1.73. The Morgan fingerprint density at radius 1 is 1.35 bits per heavy atom. The first-order valence-corrected chi connectivity index (χ1v) is 9.30. The highest BCUT2D eigenvalue weighted by molar-refractivity contribution is 9.10. The Morgan fingerprint density at radius 2 is 2.04 bits per heavy atom. The van der Waals surface area contributed by atoms with Gasteiger partial charge in [0.1, 0.15) is 5.75 Å². The average Bonchev–Trinajstić information content (AvgIpc) is 2.48. The molecule has 126 valence electrons. The van der Waals surface area contributed by atoms with Crippen molar-refractivity contribution in [2.45, 2.75) is 57.2 Å². The Morgan fingerprint density at radius 3 is 2.70 bits per heavy atom. The maximum atomic E-state index is 12.5. The van der Waals surface area contributed by atoms with Crippen molar-refractivity contribution in [2.24, 2.45) is 17.6 Å². The van der Waals surface area contributed by atoms with Gasteiger partial charge in [0.15, 0.2) is 6.10 Å². The van der Waals surface area contributed by atoms with Crippen molar-refractivity contribution in [3.8, 4) is 5.75 Å². The van der Waals surface area contributed by atoms with E-state index in [0.29, 0.717) is 23.6 Å². The number of ether oxygens (including phenoxy) is 1. The number of halogens is 1. The van der Waals surface area contributed by atoms with Crippen molar-refractivity contribution < 1.29 is 9.53 Å². The van der Waals surface area contributed by atoms with Crippen LogP contribution in [0.25, 0.3) is 0 Å². The highest BCUT2D eigenvalue weighted by atomic mass is 79.9. The van der Waals surface area contributed by atoms with Crippen molar-refractivity contribution in [2.75, 3.05) is 0 Å². The van der Waals surface area contributed by atoms with Crippen molar-refractivity contribution in [1.82, 2.24) is 5.32 Å². The Bertz CT molecular complexity index is 552. The summed E-state index contributed by atoms with van der Waals surface area (Å²) in [6.45, 7) is 1.81. The number of nitrogens with two attached hydrogens (primary N) is 1. The van der Waals surface area contributed by atoms with Gasteiger partial charge in [-0.15, -0.1) is 0 Å². The Balaban J connectivity index is 1.60. The van der Waals surface area contributed by atoms with Crippen LogP contribution in [0.3, 0.4) is 0 Å². The molecule has 2 fully saturated rings. The molecule has 3 atom stereocenters. The summed E-state index contributed by atoms with van der Waals surface area (Å²) >= 11 is 3.41. The molecule has 0 heterocycles. The molecular formula is C18H25BrN2O2. The first kappa shape index (κ1) is 16.8. The zero-order valence-electron chi connectivity index (χ0n) is 13.5. The van der Waals surface area contributed by atoms with E-state index in [0.717, 1.165) is 17.3 Å². The van der Waals surface area contributed by atoms with Crippen molar-refractivity contribution in [3.05, 3.63) is 28.7 Å². The second-order valence-corrected chi connectivity index (χ2v) is 7.85. The van der Waals surface area contributed by atoms with Crippen LogP contribution in [0.15, 0.2) is 28.7 Å². The summed E-state index contributed by atoms with van der Waals surface area (Å²) in [6.07, 6.45) is 5.18. The monoisotopic (exact) mass is 380 g/mol. The fourth-order valence-electron chi connectivity index (χ4n) is 4.10. The van der Waals surface area contributed by atoms with Crippen molar-refractivity contribution >= 4 is 21.8 Å². The van der Waals surface area contributed by atoms with E-state index in [1.807, 2.05) is 24.3 Å². The van der Waals surface area contributed by atoms with Gasteiger partial charge in [0, 0.05) is 16.6 Å². The molecule has 0 aromatic heterocycles. The fourth-order valence-corrected chi connectivity index (χ4v) is 4.48. The van der Waals surface area contributed by atoms with Gasteiger partial charge in [0.05, 0.1) is 0 Å². The largest absolute Gasteiger partial charge is 0.481 e. The fraction of sp³-hybridized carbons (Fsp3) is 0.611. The number of amides is 1. The summed E-state index contributed by atoms with van der Waals surface area (Å²) < 4.78 is 6.72. The van der Waals surface area contributed by atoms with Crippen LogP contribution in [0.5, 0.6) is 5.75 Å². The topological polar surface area (TPSA) is 64.3 Å². The van der Waals surface area contributed by atoms with E-state index in [1.165, 1.54) is 19.3 Å². The van der Waals surface area contributed by atoms with Gasteiger partial charge in [-0.25, -0.2) is 0 Å². The van der Waals surface area contributed by atoms with Gasteiger partial charge in [-0.05, 0) is 62.6 Å². The minimum absolute atomic E-state index is 0.0256. The second kappa shape index (κ2) is 7.22. The summed E-state index contributed by atoms with van der Waals surface area (Å²) in [7, 11) is 0. The maximum Gasteiger partial charge on any atom is 0.261 e. The highest BCUT2D eigenvalue weighted by Gasteiger charge is 2.40. The number of hydrogen-bond donors (Lipinski definition) is 2. The first-order chi connectivity index (χ1) is 11.0. The van der Waals surface area contributed by atoms with E-state index in [-0.39, 0.29) is 11.9 Å². The minimum Gasteiger partial charge on any atom is -0.481 e. The predicted octanol–water partition coefficient (Wildman–Crippen LogP) is 3.24. The molecule has 0 radical (unpaired) electrons. The van der Waals surface area contributed by atoms with E-state index in [4.69, 9.17) is 10.5 Å². The van der Waals surface area contributed by atoms with Crippen LogP contribution in [0.2, 0.25) is 0 Å². The molecule has 0 saturated heterocycles. The molecule has 3 rings (SSSR count). The number of rotatable bonds is 4. The zero-order chi connectivity index (χ0) is 16.4. The van der Waals surface area contributed by atoms with Crippen LogP contribution in [0.4, 0.5) is 0 Å². The third-order valence-corrected chi connectivity index (χ3v) is 5.66. The normalized spacial score (nSPS) is 31.3. The first-order valence-electron chi connectivity index (χ1n) is 8.51. The minimum atomic E-state index is -0.499. The molecule has 4 nitrogen and oxygen atoms in total. The molecule has 3 N–H and O–H groups in total.